The molecule has 0 unspecified atom stereocenters. The molecule has 138 valence electrons. The molecule has 0 atom stereocenters. The molecule has 10 heteroatoms. The molecule has 1 aromatic rings. The SMILES string of the molecule is CCN(CC)C(=O)CN1C(=O)S/C(=C\c2ccc(O)c([N+](=O)[O-])c2)C1=O. The van der Waals surface area contributed by atoms with Gasteiger partial charge >= 0.3 is 5.69 Å². The smallest absolute Gasteiger partial charge is 0.311 e. The summed E-state index contributed by atoms with van der Waals surface area (Å²) in [6, 6.07) is 3.62. The van der Waals surface area contributed by atoms with Crippen LogP contribution in [0.1, 0.15) is 19.4 Å². The predicted octanol–water partition coefficient (Wildman–Crippen LogP) is 2.21. The summed E-state index contributed by atoms with van der Waals surface area (Å²) < 4.78 is 0. The first-order chi connectivity index (χ1) is 12.3. The van der Waals surface area contributed by atoms with Gasteiger partial charge in [-0.1, -0.05) is 6.07 Å². The average molecular weight is 379 g/mol. The maximum Gasteiger partial charge on any atom is 0.311 e. The van der Waals surface area contributed by atoms with Crippen LogP contribution in [0.2, 0.25) is 0 Å². The number of phenols is 1. The lowest BCUT2D eigenvalue weighted by atomic mass is 10.1. The molecule has 1 aromatic carbocycles. The Bertz CT molecular complexity index is 803. The number of rotatable bonds is 6. The number of aromatic hydroxyl groups is 1. The number of carbonyl (C=O) groups excluding carboxylic acids is 3. The topological polar surface area (TPSA) is 121 Å². The average Bonchev–Trinajstić information content (AvgIpc) is 2.85. The minimum absolute atomic E-state index is 0.0577. The Morgan fingerprint density at radius 2 is 2.00 bits per heavy atom. The lowest BCUT2D eigenvalue weighted by molar-refractivity contribution is -0.385. The summed E-state index contributed by atoms with van der Waals surface area (Å²) in [6.07, 6.45) is 1.32. The van der Waals surface area contributed by atoms with Gasteiger partial charge < -0.3 is 10.0 Å². The number of hydrogen-bond acceptors (Lipinski definition) is 7. The zero-order valence-electron chi connectivity index (χ0n) is 14.2. The van der Waals surface area contributed by atoms with Gasteiger partial charge in [0.25, 0.3) is 11.1 Å². The van der Waals surface area contributed by atoms with Gasteiger partial charge in [0.05, 0.1) is 9.83 Å². The number of nitro groups is 1. The van der Waals surface area contributed by atoms with E-state index in [1.807, 2.05) is 0 Å². The Hall–Kier alpha value is -2.88. The molecule has 3 amide bonds. The van der Waals surface area contributed by atoms with E-state index in [1.54, 1.807) is 13.8 Å². The van der Waals surface area contributed by atoms with E-state index in [9.17, 15) is 29.6 Å². The Morgan fingerprint density at radius 3 is 2.58 bits per heavy atom. The number of nitrogens with zero attached hydrogens (tertiary/aromatic N) is 3. The summed E-state index contributed by atoms with van der Waals surface area (Å²) in [5, 5.41) is 19.8. The number of likely N-dealkylation sites (N-methyl/N-ethyl adjacent to an activating group) is 1. The number of amides is 3. The van der Waals surface area contributed by atoms with Crippen molar-refractivity contribution in [1.82, 2.24) is 9.80 Å². The van der Waals surface area contributed by atoms with E-state index in [4.69, 9.17) is 0 Å². The Labute approximate surface area is 153 Å². The van der Waals surface area contributed by atoms with Gasteiger partial charge in [-0.2, -0.15) is 0 Å². The van der Waals surface area contributed by atoms with Crippen molar-refractivity contribution in [2.24, 2.45) is 0 Å². The highest BCUT2D eigenvalue weighted by atomic mass is 32.2. The van der Waals surface area contributed by atoms with Gasteiger partial charge in [-0.3, -0.25) is 29.4 Å². The van der Waals surface area contributed by atoms with Crippen molar-refractivity contribution in [3.63, 3.8) is 0 Å². The van der Waals surface area contributed by atoms with Crippen molar-refractivity contribution in [3.05, 3.63) is 38.8 Å². The number of nitro benzene ring substituents is 1. The van der Waals surface area contributed by atoms with Gasteiger partial charge in [-0.25, -0.2) is 0 Å². The lowest BCUT2D eigenvalue weighted by Crippen LogP contribution is -2.41. The van der Waals surface area contributed by atoms with Crippen molar-refractivity contribution in [3.8, 4) is 5.75 Å². The van der Waals surface area contributed by atoms with Crippen LogP contribution in [-0.2, 0) is 9.59 Å². The minimum atomic E-state index is -0.749. The predicted molar refractivity (Wildman–Crippen MR) is 95.4 cm³/mol. The summed E-state index contributed by atoms with van der Waals surface area (Å²) in [6.45, 7) is 4.19. The Kier molecular flexibility index (Phi) is 5.98. The second kappa shape index (κ2) is 8.00. The Balaban J connectivity index is 2.23. The molecule has 1 saturated heterocycles. The zero-order chi connectivity index (χ0) is 19.4. The number of thioether (sulfide) groups is 1. The molecule has 1 aliphatic rings. The number of benzene rings is 1. The second-order valence-electron chi connectivity index (χ2n) is 5.34. The quantitative estimate of drug-likeness (QED) is 0.457. The number of carbonyl (C=O) groups is 3. The van der Waals surface area contributed by atoms with Crippen molar-refractivity contribution < 1.29 is 24.4 Å². The molecule has 26 heavy (non-hydrogen) atoms. The second-order valence-corrected chi connectivity index (χ2v) is 6.33. The highest BCUT2D eigenvalue weighted by Crippen LogP contribution is 2.34. The van der Waals surface area contributed by atoms with Crippen LogP contribution >= 0.6 is 11.8 Å². The fourth-order valence-corrected chi connectivity index (χ4v) is 3.21. The fraction of sp³-hybridized carbons (Fsp3) is 0.312. The third kappa shape index (κ3) is 4.02. The van der Waals surface area contributed by atoms with Gasteiger partial charge in [0.15, 0.2) is 5.75 Å². The largest absolute Gasteiger partial charge is 0.502 e. The van der Waals surface area contributed by atoms with Crippen LogP contribution in [0.5, 0.6) is 5.75 Å². The third-order valence-corrected chi connectivity index (χ3v) is 4.68. The molecule has 2 rings (SSSR count). The van der Waals surface area contributed by atoms with Gasteiger partial charge in [0, 0.05) is 19.2 Å². The molecule has 0 aliphatic carbocycles. The van der Waals surface area contributed by atoms with Crippen molar-refractivity contribution in [2.75, 3.05) is 19.6 Å². The lowest BCUT2D eigenvalue weighted by Gasteiger charge is -2.21. The van der Waals surface area contributed by atoms with Gasteiger partial charge in [0.1, 0.15) is 6.54 Å². The first kappa shape index (κ1) is 19.4. The fourth-order valence-electron chi connectivity index (χ4n) is 2.38. The summed E-state index contributed by atoms with van der Waals surface area (Å²) >= 11 is 0.659. The third-order valence-electron chi connectivity index (χ3n) is 3.78. The number of hydrogen-bond donors (Lipinski definition) is 1. The molecule has 0 radical (unpaired) electrons. The van der Waals surface area contributed by atoms with E-state index in [2.05, 4.69) is 0 Å². The highest BCUT2D eigenvalue weighted by molar-refractivity contribution is 8.18. The van der Waals surface area contributed by atoms with Crippen LogP contribution in [-0.4, -0.2) is 56.5 Å². The molecular formula is C16H17N3O6S. The summed E-state index contributed by atoms with van der Waals surface area (Å²) in [4.78, 5) is 49.1. The van der Waals surface area contributed by atoms with Crippen LogP contribution in [0, 0.1) is 10.1 Å². The first-order valence-electron chi connectivity index (χ1n) is 7.79. The molecular weight excluding hydrogens is 362 g/mol. The van der Waals surface area contributed by atoms with E-state index in [0.717, 1.165) is 17.0 Å². The molecule has 1 heterocycles. The van der Waals surface area contributed by atoms with E-state index in [0.29, 0.717) is 24.9 Å². The van der Waals surface area contributed by atoms with Crippen LogP contribution in [0.15, 0.2) is 23.1 Å². The Morgan fingerprint density at radius 1 is 1.35 bits per heavy atom. The monoisotopic (exact) mass is 379 g/mol. The van der Waals surface area contributed by atoms with Gasteiger partial charge in [-0.15, -0.1) is 0 Å². The highest BCUT2D eigenvalue weighted by Gasteiger charge is 2.37. The molecule has 1 aliphatic heterocycles. The van der Waals surface area contributed by atoms with Crippen LogP contribution in [0.3, 0.4) is 0 Å². The minimum Gasteiger partial charge on any atom is -0.502 e. The molecule has 1 fully saturated rings. The van der Waals surface area contributed by atoms with E-state index < -0.39 is 27.5 Å². The molecule has 0 bridgehead atoms. The van der Waals surface area contributed by atoms with E-state index in [1.165, 1.54) is 17.0 Å². The van der Waals surface area contributed by atoms with Crippen molar-refractivity contribution >= 4 is 40.6 Å². The van der Waals surface area contributed by atoms with Crippen LogP contribution in [0.25, 0.3) is 6.08 Å². The maximum atomic E-state index is 12.4. The van der Waals surface area contributed by atoms with E-state index >= 15 is 0 Å². The standard InChI is InChI=1S/C16H17N3O6S/c1-3-17(4-2)14(21)9-18-15(22)13(26-16(18)23)8-10-5-6-12(20)11(7-10)19(24)25/h5-8,20H,3-4,9H2,1-2H3/b13-8-. The number of phenolic OH excluding ortho intramolecular Hbond substituents is 1. The molecule has 0 aromatic heterocycles. The molecule has 9 nitrogen and oxygen atoms in total. The first-order valence-corrected chi connectivity index (χ1v) is 8.60. The summed E-state index contributed by atoms with van der Waals surface area (Å²) in [7, 11) is 0. The van der Waals surface area contributed by atoms with Crippen LogP contribution in [0.4, 0.5) is 10.5 Å². The summed E-state index contributed by atoms with van der Waals surface area (Å²) in [5.74, 6) is -1.46. The van der Waals surface area contributed by atoms with Gasteiger partial charge in [-0.05, 0) is 43.3 Å². The zero-order valence-corrected chi connectivity index (χ0v) is 15.0. The van der Waals surface area contributed by atoms with E-state index in [-0.39, 0.29) is 22.9 Å². The van der Waals surface area contributed by atoms with Crippen LogP contribution < -0.4 is 0 Å². The normalized spacial score (nSPS) is 15.6. The van der Waals surface area contributed by atoms with Gasteiger partial charge in [0.2, 0.25) is 5.91 Å². The molecule has 1 N–H and O–H groups in total. The van der Waals surface area contributed by atoms with Crippen molar-refractivity contribution in [1.29, 1.82) is 0 Å². The molecule has 0 saturated carbocycles. The number of imide groups is 1. The molecule has 0 spiro atoms. The summed E-state index contributed by atoms with van der Waals surface area (Å²) in [5.41, 5.74) is -0.218. The van der Waals surface area contributed by atoms with Crippen molar-refractivity contribution in [2.45, 2.75) is 13.8 Å². The maximum absolute atomic E-state index is 12.4.